The summed E-state index contributed by atoms with van der Waals surface area (Å²) in [6.07, 6.45) is 2.79. The quantitative estimate of drug-likeness (QED) is 0.889. The molecule has 1 atom stereocenters. The summed E-state index contributed by atoms with van der Waals surface area (Å²) in [5, 5.41) is 9.51. The molecular formula is C18H19ClFN3O2. The second-order valence-corrected chi connectivity index (χ2v) is 7.34. The molecule has 0 amide bonds. The molecule has 0 radical (unpaired) electrons. The maximum absolute atomic E-state index is 13.7. The van der Waals surface area contributed by atoms with Crippen LogP contribution in [0.25, 0.3) is 0 Å². The lowest BCUT2D eigenvalue weighted by Crippen LogP contribution is -2.40. The first kappa shape index (κ1) is 16.7. The minimum atomic E-state index is -0.689. The molecule has 2 aromatic rings. The topological polar surface area (TPSA) is 58.5 Å². The molecule has 1 spiro atoms. The minimum absolute atomic E-state index is 0.0404. The predicted molar refractivity (Wildman–Crippen MR) is 91.1 cm³/mol. The highest BCUT2D eigenvalue weighted by Crippen LogP contribution is 2.39. The van der Waals surface area contributed by atoms with Gasteiger partial charge in [-0.05, 0) is 37.6 Å². The Morgan fingerprint density at radius 2 is 2.28 bits per heavy atom. The summed E-state index contributed by atoms with van der Waals surface area (Å²) in [6.45, 7) is 5.31. The van der Waals surface area contributed by atoms with Gasteiger partial charge in [0, 0.05) is 24.8 Å². The van der Waals surface area contributed by atoms with Crippen LogP contribution in [-0.4, -0.2) is 39.7 Å². The molecule has 5 nitrogen and oxygen atoms in total. The summed E-state index contributed by atoms with van der Waals surface area (Å²) in [7, 11) is 0. The van der Waals surface area contributed by atoms with E-state index >= 15 is 0 Å². The van der Waals surface area contributed by atoms with Crippen molar-refractivity contribution in [2.75, 3.05) is 19.7 Å². The van der Waals surface area contributed by atoms with E-state index in [1.54, 1.807) is 6.07 Å². The lowest BCUT2D eigenvalue weighted by Gasteiger charge is -2.34. The van der Waals surface area contributed by atoms with Gasteiger partial charge in [-0.25, -0.2) is 14.4 Å². The van der Waals surface area contributed by atoms with Crippen molar-refractivity contribution in [3.63, 3.8) is 0 Å². The van der Waals surface area contributed by atoms with Gasteiger partial charge in [-0.1, -0.05) is 11.6 Å². The molecule has 3 heterocycles. The summed E-state index contributed by atoms with van der Waals surface area (Å²) in [4.78, 5) is 11.2. The molecular weight excluding hydrogens is 345 g/mol. The van der Waals surface area contributed by atoms with E-state index in [0.717, 1.165) is 42.2 Å². The van der Waals surface area contributed by atoms with Gasteiger partial charge in [-0.3, -0.25) is 4.90 Å². The van der Waals surface area contributed by atoms with Crippen molar-refractivity contribution in [3.05, 3.63) is 51.8 Å². The predicted octanol–water partition coefficient (Wildman–Crippen LogP) is 2.96. The van der Waals surface area contributed by atoms with Crippen LogP contribution in [0.2, 0.25) is 5.02 Å². The van der Waals surface area contributed by atoms with Gasteiger partial charge in [-0.2, -0.15) is 0 Å². The lowest BCUT2D eigenvalue weighted by atomic mass is 9.80. The zero-order chi connectivity index (χ0) is 17.6. The van der Waals surface area contributed by atoms with Crippen LogP contribution in [0.3, 0.4) is 0 Å². The molecule has 1 fully saturated rings. The van der Waals surface area contributed by atoms with Gasteiger partial charge < -0.3 is 9.84 Å². The fourth-order valence-electron chi connectivity index (χ4n) is 3.86. The SMILES string of the molecule is Cc1ncc2c(n1)[C@]1(CCN(Cc3cc(F)c(O)c(Cl)c3)C1)COC2. The monoisotopic (exact) mass is 363 g/mol. The summed E-state index contributed by atoms with van der Waals surface area (Å²) >= 11 is 5.89. The molecule has 7 heteroatoms. The normalized spacial score (nSPS) is 23.2. The third-order valence-electron chi connectivity index (χ3n) is 5.04. The first-order valence-corrected chi connectivity index (χ1v) is 8.65. The number of hydrogen-bond donors (Lipinski definition) is 1. The minimum Gasteiger partial charge on any atom is -0.504 e. The number of benzene rings is 1. The average Bonchev–Trinajstić information content (AvgIpc) is 2.97. The summed E-state index contributed by atoms with van der Waals surface area (Å²) < 4.78 is 19.5. The third-order valence-corrected chi connectivity index (χ3v) is 5.33. The fraction of sp³-hybridized carbons (Fsp3) is 0.444. The third kappa shape index (κ3) is 2.99. The molecule has 1 saturated heterocycles. The van der Waals surface area contributed by atoms with Crippen molar-refractivity contribution in [1.82, 2.24) is 14.9 Å². The van der Waals surface area contributed by atoms with Crippen LogP contribution in [0, 0.1) is 12.7 Å². The summed E-state index contributed by atoms with van der Waals surface area (Å²) in [5.74, 6) is -0.415. The van der Waals surface area contributed by atoms with E-state index in [0.29, 0.717) is 19.8 Å². The van der Waals surface area contributed by atoms with Crippen LogP contribution < -0.4 is 0 Å². The van der Waals surface area contributed by atoms with Crippen LogP contribution >= 0.6 is 11.6 Å². The number of halogens is 2. The number of ether oxygens (including phenoxy) is 1. The van der Waals surface area contributed by atoms with E-state index in [1.807, 2.05) is 13.1 Å². The van der Waals surface area contributed by atoms with Crippen molar-refractivity contribution < 1.29 is 14.2 Å². The Hall–Kier alpha value is -1.76. The Balaban J connectivity index is 1.57. The number of hydrogen-bond acceptors (Lipinski definition) is 5. The molecule has 1 aromatic carbocycles. The van der Waals surface area contributed by atoms with Gasteiger partial charge in [0.25, 0.3) is 0 Å². The van der Waals surface area contributed by atoms with Crippen molar-refractivity contribution in [3.8, 4) is 5.75 Å². The van der Waals surface area contributed by atoms with Crippen molar-refractivity contribution in [1.29, 1.82) is 0 Å². The maximum Gasteiger partial charge on any atom is 0.170 e. The molecule has 0 saturated carbocycles. The van der Waals surface area contributed by atoms with Gasteiger partial charge in [0.05, 0.1) is 29.3 Å². The number of phenolic OH excluding ortho intramolecular Hbond substituents is 1. The second kappa shape index (κ2) is 6.20. The van der Waals surface area contributed by atoms with E-state index in [4.69, 9.17) is 21.3 Å². The summed E-state index contributed by atoms with van der Waals surface area (Å²) in [5.41, 5.74) is 2.75. The van der Waals surface area contributed by atoms with Crippen LogP contribution in [0.1, 0.15) is 29.1 Å². The smallest absolute Gasteiger partial charge is 0.170 e. The second-order valence-electron chi connectivity index (χ2n) is 6.93. The fourth-order valence-corrected chi connectivity index (χ4v) is 4.09. The van der Waals surface area contributed by atoms with Gasteiger partial charge in [0.15, 0.2) is 11.6 Å². The van der Waals surface area contributed by atoms with E-state index in [1.165, 1.54) is 6.07 Å². The zero-order valence-electron chi connectivity index (χ0n) is 13.9. The first-order chi connectivity index (χ1) is 12.0. The molecule has 1 aromatic heterocycles. The number of aromatic nitrogens is 2. The molecule has 2 aliphatic heterocycles. The number of phenols is 1. The highest BCUT2D eigenvalue weighted by Gasteiger charge is 2.44. The molecule has 2 aliphatic rings. The van der Waals surface area contributed by atoms with E-state index in [2.05, 4.69) is 9.88 Å². The van der Waals surface area contributed by atoms with Gasteiger partial charge in [0.2, 0.25) is 0 Å². The molecule has 132 valence electrons. The molecule has 4 rings (SSSR count). The Labute approximate surface area is 150 Å². The van der Waals surface area contributed by atoms with Crippen LogP contribution in [0.5, 0.6) is 5.75 Å². The standard InChI is InChI=1S/C18H19ClFN3O2/c1-11-21-6-13-8-25-10-18(17(13)22-11)2-3-23(9-18)7-12-4-14(19)16(24)15(20)5-12/h4-6,24H,2-3,7-10H2,1H3/t18-/m0/s1. The largest absolute Gasteiger partial charge is 0.504 e. The number of aryl methyl sites for hydroxylation is 1. The highest BCUT2D eigenvalue weighted by atomic mass is 35.5. The molecule has 0 unspecified atom stereocenters. The number of rotatable bonds is 2. The summed E-state index contributed by atoms with van der Waals surface area (Å²) in [6, 6.07) is 2.95. The van der Waals surface area contributed by atoms with Gasteiger partial charge in [0.1, 0.15) is 5.82 Å². The van der Waals surface area contributed by atoms with Crippen molar-refractivity contribution in [2.45, 2.75) is 31.9 Å². The Morgan fingerprint density at radius 3 is 3.08 bits per heavy atom. The highest BCUT2D eigenvalue weighted by molar-refractivity contribution is 6.32. The van der Waals surface area contributed by atoms with E-state index < -0.39 is 11.6 Å². The number of fused-ring (bicyclic) bond motifs is 2. The average molecular weight is 364 g/mol. The van der Waals surface area contributed by atoms with Crippen LogP contribution in [0.4, 0.5) is 4.39 Å². The van der Waals surface area contributed by atoms with E-state index in [-0.39, 0.29) is 10.4 Å². The van der Waals surface area contributed by atoms with Gasteiger partial charge in [-0.15, -0.1) is 0 Å². The first-order valence-electron chi connectivity index (χ1n) is 8.27. The molecule has 0 bridgehead atoms. The number of aromatic hydroxyl groups is 1. The van der Waals surface area contributed by atoms with Gasteiger partial charge >= 0.3 is 0 Å². The Morgan fingerprint density at radius 1 is 1.44 bits per heavy atom. The van der Waals surface area contributed by atoms with Crippen molar-refractivity contribution in [2.24, 2.45) is 0 Å². The maximum atomic E-state index is 13.7. The number of nitrogens with zero attached hydrogens (tertiary/aromatic N) is 3. The number of likely N-dealkylation sites (tertiary alicyclic amines) is 1. The van der Waals surface area contributed by atoms with Crippen molar-refractivity contribution >= 4 is 11.6 Å². The lowest BCUT2D eigenvalue weighted by molar-refractivity contribution is 0.0500. The Bertz CT molecular complexity index is 809. The van der Waals surface area contributed by atoms with E-state index in [9.17, 15) is 9.50 Å². The molecule has 0 aliphatic carbocycles. The zero-order valence-corrected chi connectivity index (χ0v) is 14.7. The molecule has 1 N–H and O–H groups in total. The van der Waals surface area contributed by atoms with Crippen LogP contribution in [0.15, 0.2) is 18.3 Å². The Kier molecular flexibility index (Phi) is 4.14. The van der Waals surface area contributed by atoms with Crippen LogP contribution in [-0.2, 0) is 23.3 Å². The molecule has 25 heavy (non-hydrogen) atoms.